The van der Waals surface area contributed by atoms with Gasteiger partial charge in [-0.05, 0) is 105 Å². The van der Waals surface area contributed by atoms with Crippen molar-refractivity contribution in [3.63, 3.8) is 0 Å². The van der Waals surface area contributed by atoms with Gasteiger partial charge < -0.3 is 4.74 Å². The van der Waals surface area contributed by atoms with Crippen molar-refractivity contribution in [2.24, 2.45) is 4.99 Å². The van der Waals surface area contributed by atoms with Crippen LogP contribution in [0.3, 0.4) is 0 Å². The number of methoxy groups -OCH3 is 1. The molecule has 0 unspecified atom stereocenters. The Morgan fingerprint density at radius 2 is 1.57 bits per heavy atom. The fourth-order valence-electron chi connectivity index (χ4n) is 2.98. The van der Waals surface area contributed by atoms with Crippen molar-refractivity contribution in [3.05, 3.63) is 90.4 Å². The van der Waals surface area contributed by atoms with E-state index in [1.165, 1.54) is 11.8 Å². The summed E-state index contributed by atoms with van der Waals surface area (Å²) < 4.78 is 7.45. The van der Waals surface area contributed by atoms with E-state index < -0.39 is 0 Å². The highest BCUT2D eigenvalue weighted by atomic mass is 127. The number of hydrogen-bond donors (Lipinski definition) is 0. The molecule has 0 N–H and O–H groups in total. The first kappa shape index (κ1) is 21.4. The minimum atomic E-state index is -0.0817. The summed E-state index contributed by atoms with van der Waals surface area (Å²) in [6.07, 6.45) is 1.92. The Kier molecular flexibility index (Phi) is 6.79. The lowest BCUT2D eigenvalue weighted by Gasteiger charge is -2.15. The fraction of sp³-hybridized carbons (Fsp3) is 0.0435. The van der Waals surface area contributed by atoms with E-state index >= 15 is 0 Å². The summed E-state index contributed by atoms with van der Waals surface area (Å²) >= 11 is 5.89. The smallest absolute Gasteiger partial charge is 0.271 e. The van der Waals surface area contributed by atoms with Gasteiger partial charge in [0.2, 0.25) is 0 Å². The number of hydrogen-bond acceptors (Lipinski definition) is 4. The first-order valence-corrected chi connectivity index (χ1v) is 12.0. The quantitative estimate of drug-likeness (QED) is 0.236. The Bertz CT molecular complexity index is 1130. The second-order valence-electron chi connectivity index (χ2n) is 6.33. The van der Waals surface area contributed by atoms with Gasteiger partial charge >= 0.3 is 0 Å². The summed E-state index contributed by atoms with van der Waals surface area (Å²) in [6, 6.07) is 23.3. The lowest BCUT2D eigenvalue weighted by atomic mass is 10.2. The van der Waals surface area contributed by atoms with E-state index in [2.05, 4.69) is 45.2 Å². The number of rotatable bonds is 4. The summed E-state index contributed by atoms with van der Waals surface area (Å²) in [5.41, 5.74) is 2.56. The van der Waals surface area contributed by atoms with Gasteiger partial charge in [0, 0.05) is 0 Å². The van der Waals surface area contributed by atoms with Crippen LogP contribution in [-0.4, -0.2) is 18.2 Å². The number of aliphatic imine (C=N–C) groups is 1. The van der Waals surface area contributed by atoms with Crippen LogP contribution in [0, 0.1) is 7.14 Å². The first-order valence-electron chi connectivity index (χ1n) is 9.02. The molecular formula is C23H16I2N2O2S. The van der Waals surface area contributed by atoms with Crippen LogP contribution in [0.25, 0.3) is 6.08 Å². The number of ether oxygens (including phenoxy) is 1. The predicted molar refractivity (Wildman–Crippen MR) is 141 cm³/mol. The van der Waals surface area contributed by atoms with Crippen LogP contribution in [0.15, 0.2) is 82.7 Å². The number of nitrogens with zero attached hydrogens (tertiary/aromatic N) is 2. The zero-order chi connectivity index (χ0) is 21.1. The number of para-hydroxylation sites is 2. The minimum Gasteiger partial charge on any atom is -0.495 e. The van der Waals surface area contributed by atoms with Crippen molar-refractivity contribution in [3.8, 4) is 5.75 Å². The number of amidine groups is 1. The maximum absolute atomic E-state index is 13.3. The second-order valence-corrected chi connectivity index (χ2v) is 9.67. The third-order valence-electron chi connectivity index (χ3n) is 4.32. The number of halogens is 2. The van der Waals surface area contributed by atoms with E-state index in [4.69, 9.17) is 9.73 Å². The second kappa shape index (κ2) is 9.52. The lowest BCUT2D eigenvalue weighted by Crippen LogP contribution is -2.28. The molecule has 1 heterocycles. The third kappa shape index (κ3) is 4.57. The highest BCUT2D eigenvalue weighted by molar-refractivity contribution is 14.1. The van der Waals surface area contributed by atoms with Crippen LogP contribution >= 0.6 is 56.9 Å². The summed E-state index contributed by atoms with van der Waals surface area (Å²) in [6.45, 7) is 0. The average Bonchev–Trinajstić information content (AvgIpc) is 3.04. The highest BCUT2D eigenvalue weighted by Crippen LogP contribution is 2.38. The molecule has 150 valence electrons. The van der Waals surface area contributed by atoms with Crippen molar-refractivity contribution >= 4 is 85.5 Å². The maximum atomic E-state index is 13.3. The number of carbonyl (C=O) groups excluding carboxylic acids is 1. The van der Waals surface area contributed by atoms with Crippen LogP contribution in [0.5, 0.6) is 5.75 Å². The SMILES string of the molecule is COc1c(I)cc(/C=C2/SC(=Nc3ccccc3)N(c3ccccc3)C2=O)cc1I. The lowest BCUT2D eigenvalue weighted by molar-refractivity contribution is -0.113. The molecule has 30 heavy (non-hydrogen) atoms. The Morgan fingerprint density at radius 1 is 0.967 bits per heavy atom. The van der Waals surface area contributed by atoms with Gasteiger partial charge in [0.25, 0.3) is 5.91 Å². The van der Waals surface area contributed by atoms with Crippen LogP contribution < -0.4 is 9.64 Å². The monoisotopic (exact) mass is 638 g/mol. The van der Waals surface area contributed by atoms with Gasteiger partial charge in [-0.15, -0.1) is 0 Å². The molecule has 0 saturated carbocycles. The summed E-state index contributed by atoms with van der Waals surface area (Å²) in [7, 11) is 1.66. The molecule has 0 atom stereocenters. The third-order valence-corrected chi connectivity index (χ3v) is 6.90. The number of thioether (sulfide) groups is 1. The van der Waals surface area contributed by atoms with Crippen molar-refractivity contribution in [2.75, 3.05) is 12.0 Å². The van der Waals surface area contributed by atoms with Crippen LogP contribution in [0.4, 0.5) is 11.4 Å². The number of anilines is 1. The van der Waals surface area contributed by atoms with Crippen LogP contribution in [0.2, 0.25) is 0 Å². The molecule has 3 aromatic rings. The molecule has 0 radical (unpaired) electrons. The molecule has 1 saturated heterocycles. The molecule has 4 nitrogen and oxygen atoms in total. The van der Waals surface area contributed by atoms with E-state index in [1.54, 1.807) is 12.0 Å². The van der Waals surface area contributed by atoms with Crippen LogP contribution in [-0.2, 0) is 4.79 Å². The van der Waals surface area contributed by atoms with E-state index in [9.17, 15) is 4.79 Å². The molecule has 0 spiro atoms. The Balaban J connectivity index is 1.77. The maximum Gasteiger partial charge on any atom is 0.271 e. The minimum absolute atomic E-state index is 0.0817. The van der Waals surface area contributed by atoms with Gasteiger partial charge in [0.05, 0.1) is 30.5 Å². The van der Waals surface area contributed by atoms with Gasteiger partial charge in [-0.1, -0.05) is 36.4 Å². The summed E-state index contributed by atoms with van der Waals surface area (Å²) in [5, 5.41) is 0.640. The molecule has 7 heteroatoms. The molecule has 4 rings (SSSR count). The first-order chi connectivity index (χ1) is 14.6. The van der Waals surface area contributed by atoms with E-state index in [0.717, 1.165) is 29.8 Å². The van der Waals surface area contributed by atoms with Crippen molar-refractivity contribution < 1.29 is 9.53 Å². The molecule has 0 bridgehead atoms. The highest BCUT2D eigenvalue weighted by Gasteiger charge is 2.34. The van der Waals surface area contributed by atoms with Crippen molar-refractivity contribution in [2.45, 2.75) is 0 Å². The Hall–Kier alpha value is -1.85. The fourth-order valence-corrected chi connectivity index (χ4v) is 6.23. The summed E-state index contributed by atoms with van der Waals surface area (Å²) in [4.78, 5) is 20.4. The van der Waals surface area contributed by atoms with E-state index in [1.807, 2.05) is 78.9 Å². The molecule has 1 aliphatic heterocycles. The number of benzene rings is 3. The topological polar surface area (TPSA) is 41.9 Å². The van der Waals surface area contributed by atoms with Crippen LogP contribution in [0.1, 0.15) is 5.56 Å². The zero-order valence-electron chi connectivity index (χ0n) is 15.9. The standard InChI is InChI=1S/C23H16I2N2O2S/c1-29-21-18(24)12-15(13-19(21)25)14-20-22(28)27(17-10-6-3-7-11-17)23(30-20)26-16-8-4-2-5-9-16/h2-14H,1H3/b20-14+,26-23?. The van der Waals surface area contributed by atoms with Gasteiger partial charge in [-0.3, -0.25) is 9.69 Å². The van der Waals surface area contributed by atoms with Crippen molar-refractivity contribution in [1.29, 1.82) is 0 Å². The molecule has 1 amide bonds. The van der Waals surface area contributed by atoms with Gasteiger partial charge in [-0.25, -0.2) is 4.99 Å². The molecule has 1 aliphatic rings. The van der Waals surface area contributed by atoms with Gasteiger partial charge in [0.1, 0.15) is 5.75 Å². The predicted octanol–water partition coefficient (Wildman–Crippen LogP) is 6.71. The Morgan fingerprint density at radius 3 is 2.17 bits per heavy atom. The molecule has 3 aromatic carbocycles. The molecule has 1 fully saturated rings. The summed E-state index contributed by atoms with van der Waals surface area (Å²) in [5.74, 6) is 0.766. The number of amides is 1. The van der Waals surface area contributed by atoms with Crippen molar-refractivity contribution in [1.82, 2.24) is 0 Å². The zero-order valence-corrected chi connectivity index (χ0v) is 21.0. The van der Waals surface area contributed by atoms with E-state index in [-0.39, 0.29) is 5.91 Å². The normalized spacial score (nSPS) is 16.5. The van der Waals surface area contributed by atoms with E-state index in [0.29, 0.717) is 10.1 Å². The average molecular weight is 638 g/mol. The molecule has 0 aromatic heterocycles. The Labute approximate surface area is 206 Å². The molecule has 0 aliphatic carbocycles. The number of carbonyl (C=O) groups is 1. The largest absolute Gasteiger partial charge is 0.495 e. The molecular weight excluding hydrogens is 622 g/mol. The van der Waals surface area contributed by atoms with Gasteiger partial charge in [-0.2, -0.15) is 0 Å². The van der Waals surface area contributed by atoms with Gasteiger partial charge in [0.15, 0.2) is 5.17 Å².